The lowest BCUT2D eigenvalue weighted by molar-refractivity contribution is 0.0867. The number of hydrogen-bond acceptors (Lipinski definition) is 2. The maximum absolute atomic E-state index is 13.1. The third kappa shape index (κ3) is 2.22. The van der Waals surface area contributed by atoms with Crippen molar-refractivity contribution in [3.05, 3.63) is 47.2 Å². The highest BCUT2D eigenvalue weighted by Gasteiger charge is 2.31. The summed E-state index contributed by atoms with van der Waals surface area (Å²) in [5.74, 6) is 0.202. The van der Waals surface area contributed by atoms with Gasteiger partial charge in [-0.25, -0.2) is 0 Å². The number of rotatable bonds is 2. The Hall–Kier alpha value is -1.87. The SMILES string of the molecule is CC1=C(C)C(C(=O)c2cc3ccccc3n2C)N(C)CC1. The van der Waals surface area contributed by atoms with Crippen molar-refractivity contribution in [2.75, 3.05) is 13.6 Å². The van der Waals surface area contributed by atoms with Crippen molar-refractivity contribution in [3.63, 3.8) is 0 Å². The summed E-state index contributed by atoms with van der Waals surface area (Å²) >= 11 is 0. The summed E-state index contributed by atoms with van der Waals surface area (Å²) in [6.45, 7) is 5.18. The molecule has 0 amide bonds. The number of carbonyl (C=O) groups is 1. The van der Waals surface area contributed by atoms with Crippen LogP contribution in [-0.4, -0.2) is 34.9 Å². The molecule has 1 aromatic carbocycles. The van der Waals surface area contributed by atoms with Crippen molar-refractivity contribution in [2.24, 2.45) is 7.05 Å². The molecule has 0 bridgehead atoms. The van der Waals surface area contributed by atoms with Crippen molar-refractivity contribution < 1.29 is 4.79 Å². The predicted octanol–water partition coefficient (Wildman–Crippen LogP) is 3.40. The summed E-state index contributed by atoms with van der Waals surface area (Å²) in [5, 5.41) is 1.13. The van der Waals surface area contributed by atoms with E-state index in [0.29, 0.717) is 0 Å². The number of benzene rings is 1. The van der Waals surface area contributed by atoms with Gasteiger partial charge in [0.15, 0.2) is 5.78 Å². The molecule has 1 atom stereocenters. The highest BCUT2D eigenvalue weighted by molar-refractivity contribution is 6.04. The zero-order valence-electron chi connectivity index (χ0n) is 13.2. The topological polar surface area (TPSA) is 25.2 Å². The number of aryl methyl sites for hydroxylation is 1. The summed E-state index contributed by atoms with van der Waals surface area (Å²) in [6.07, 6.45) is 1.06. The number of ketones is 1. The van der Waals surface area contributed by atoms with Gasteiger partial charge in [0.25, 0.3) is 0 Å². The number of hydrogen-bond donors (Lipinski definition) is 0. The van der Waals surface area contributed by atoms with E-state index in [1.54, 1.807) is 0 Å². The van der Waals surface area contributed by atoms with Crippen molar-refractivity contribution in [3.8, 4) is 0 Å². The summed E-state index contributed by atoms with van der Waals surface area (Å²) in [4.78, 5) is 15.2. The zero-order valence-corrected chi connectivity index (χ0v) is 13.2. The first-order valence-corrected chi connectivity index (χ1v) is 7.46. The molecule has 0 fully saturated rings. The van der Waals surface area contributed by atoms with Gasteiger partial charge in [0.1, 0.15) is 0 Å². The van der Waals surface area contributed by atoms with Crippen LogP contribution in [0.3, 0.4) is 0 Å². The third-order valence-corrected chi connectivity index (χ3v) is 4.82. The molecular weight excluding hydrogens is 260 g/mol. The lowest BCUT2D eigenvalue weighted by atomic mass is 9.91. The van der Waals surface area contributed by atoms with E-state index in [9.17, 15) is 4.79 Å². The van der Waals surface area contributed by atoms with Gasteiger partial charge in [0.2, 0.25) is 0 Å². The Morgan fingerprint density at radius 1 is 1.19 bits per heavy atom. The van der Waals surface area contributed by atoms with Gasteiger partial charge in [-0.2, -0.15) is 0 Å². The molecule has 21 heavy (non-hydrogen) atoms. The van der Waals surface area contributed by atoms with Crippen LogP contribution in [0, 0.1) is 0 Å². The molecule has 1 aliphatic rings. The monoisotopic (exact) mass is 282 g/mol. The molecule has 2 heterocycles. The van der Waals surface area contributed by atoms with Gasteiger partial charge in [0.05, 0.1) is 11.7 Å². The van der Waals surface area contributed by atoms with Crippen LogP contribution in [0.1, 0.15) is 30.8 Å². The molecule has 1 aliphatic heterocycles. The normalized spacial score (nSPS) is 20.3. The lowest BCUT2D eigenvalue weighted by Gasteiger charge is -2.33. The van der Waals surface area contributed by atoms with Gasteiger partial charge in [-0.1, -0.05) is 23.8 Å². The van der Waals surface area contributed by atoms with Gasteiger partial charge in [0, 0.05) is 24.5 Å². The molecular formula is C18H22N2O. The molecule has 0 saturated heterocycles. The molecule has 1 aromatic heterocycles. The Morgan fingerprint density at radius 3 is 2.62 bits per heavy atom. The third-order valence-electron chi connectivity index (χ3n) is 4.82. The van der Waals surface area contributed by atoms with Crippen molar-refractivity contribution >= 4 is 16.7 Å². The average molecular weight is 282 g/mol. The number of likely N-dealkylation sites (N-methyl/N-ethyl adjacent to an activating group) is 1. The van der Waals surface area contributed by atoms with E-state index in [1.807, 2.05) is 36.9 Å². The molecule has 110 valence electrons. The number of nitrogens with zero attached hydrogens (tertiary/aromatic N) is 2. The quantitative estimate of drug-likeness (QED) is 0.623. The standard InChI is InChI=1S/C18H22N2O/c1-12-9-10-19(3)17(13(12)2)18(21)16-11-14-7-5-6-8-15(14)20(16)4/h5-8,11,17H,9-10H2,1-4H3. The van der Waals surface area contributed by atoms with Crippen LogP contribution in [0.4, 0.5) is 0 Å². The molecule has 0 saturated carbocycles. The second-order valence-corrected chi connectivity index (χ2v) is 6.11. The van der Waals surface area contributed by atoms with Crippen molar-refractivity contribution in [1.82, 2.24) is 9.47 Å². The van der Waals surface area contributed by atoms with Crippen molar-refractivity contribution in [2.45, 2.75) is 26.3 Å². The molecule has 2 aromatic rings. The van der Waals surface area contributed by atoms with Crippen LogP contribution in [0.25, 0.3) is 10.9 Å². The summed E-state index contributed by atoms with van der Waals surface area (Å²) in [6, 6.07) is 10.0. The molecule has 0 aliphatic carbocycles. The van der Waals surface area contributed by atoms with Crippen molar-refractivity contribution in [1.29, 1.82) is 0 Å². The highest BCUT2D eigenvalue weighted by Crippen LogP contribution is 2.27. The molecule has 3 nitrogen and oxygen atoms in total. The molecule has 0 radical (unpaired) electrons. The Morgan fingerprint density at radius 2 is 1.90 bits per heavy atom. The van der Waals surface area contributed by atoms with Gasteiger partial charge < -0.3 is 4.57 Å². The number of Topliss-reactive ketones (excluding diaryl/α,β-unsaturated/α-hetero) is 1. The van der Waals surface area contributed by atoms with E-state index in [0.717, 1.165) is 29.6 Å². The number of para-hydroxylation sites is 1. The maximum Gasteiger partial charge on any atom is 0.200 e. The van der Waals surface area contributed by atoms with E-state index in [-0.39, 0.29) is 11.8 Å². The van der Waals surface area contributed by atoms with E-state index >= 15 is 0 Å². The first-order valence-electron chi connectivity index (χ1n) is 7.46. The predicted molar refractivity (Wildman–Crippen MR) is 86.7 cm³/mol. The van der Waals surface area contributed by atoms with Crippen LogP contribution in [-0.2, 0) is 7.05 Å². The lowest BCUT2D eigenvalue weighted by Crippen LogP contribution is -2.43. The Bertz CT molecular complexity index is 739. The first kappa shape index (κ1) is 14.1. The summed E-state index contributed by atoms with van der Waals surface area (Å²) < 4.78 is 2.02. The number of aromatic nitrogens is 1. The van der Waals surface area contributed by atoms with Crippen LogP contribution < -0.4 is 0 Å². The van der Waals surface area contributed by atoms with E-state index in [1.165, 1.54) is 11.1 Å². The Balaban J connectivity index is 2.08. The van der Waals surface area contributed by atoms with Gasteiger partial charge >= 0.3 is 0 Å². The second-order valence-electron chi connectivity index (χ2n) is 6.11. The Labute approximate surface area is 125 Å². The fourth-order valence-corrected chi connectivity index (χ4v) is 3.30. The fraction of sp³-hybridized carbons (Fsp3) is 0.389. The smallest absolute Gasteiger partial charge is 0.200 e. The summed E-state index contributed by atoms with van der Waals surface area (Å²) in [7, 11) is 4.02. The first-order chi connectivity index (χ1) is 10.0. The minimum Gasteiger partial charge on any atom is -0.341 e. The van der Waals surface area contributed by atoms with Crippen LogP contribution in [0.15, 0.2) is 41.5 Å². The fourth-order valence-electron chi connectivity index (χ4n) is 3.30. The van der Waals surface area contributed by atoms with Gasteiger partial charge in [-0.05, 0) is 45.0 Å². The van der Waals surface area contributed by atoms with Crippen LogP contribution in [0.5, 0.6) is 0 Å². The molecule has 1 unspecified atom stereocenters. The van der Waals surface area contributed by atoms with E-state index in [2.05, 4.69) is 30.9 Å². The molecule has 0 spiro atoms. The van der Waals surface area contributed by atoms with Gasteiger partial charge in [-0.3, -0.25) is 9.69 Å². The summed E-state index contributed by atoms with van der Waals surface area (Å²) in [5.41, 5.74) is 4.46. The molecule has 3 heteroatoms. The molecule has 3 rings (SSSR count). The van der Waals surface area contributed by atoms with E-state index in [4.69, 9.17) is 0 Å². The zero-order chi connectivity index (χ0) is 15.1. The number of fused-ring (bicyclic) bond motifs is 1. The maximum atomic E-state index is 13.1. The number of carbonyl (C=O) groups excluding carboxylic acids is 1. The molecule has 0 N–H and O–H groups in total. The van der Waals surface area contributed by atoms with Gasteiger partial charge in [-0.15, -0.1) is 0 Å². The average Bonchev–Trinajstić information content (AvgIpc) is 2.81. The minimum atomic E-state index is -0.123. The highest BCUT2D eigenvalue weighted by atomic mass is 16.1. The Kier molecular flexibility index (Phi) is 3.46. The van der Waals surface area contributed by atoms with Crippen LogP contribution in [0.2, 0.25) is 0 Å². The second kappa shape index (κ2) is 5.15. The largest absolute Gasteiger partial charge is 0.341 e. The van der Waals surface area contributed by atoms with Crippen LogP contribution >= 0.6 is 0 Å². The van der Waals surface area contributed by atoms with E-state index < -0.39 is 0 Å². The minimum absolute atomic E-state index is 0.123.